The van der Waals surface area contributed by atoms with Gasteiger partial charge in [0.05, 0.1) is 17.3 Å². The minimum Gasteiger partial charge on any atom is -0.411 e. The van der Waals surface area contributed by atoms with Gasteiger partial charge in [0.25, 0.3) is 0 Å². The first kappa shape index (κ1) is 12.7. The van der Waals surface area contributed by atoms with E-state index in [0.29, 0.717) is 18.6 Å². The topological polar surface area (TPSA) is 78.0 Å². The Balaban J connectivity index is 2.42. The predicted molar refractivity (Wildman–Crippen MR) is 64.0 cm³/mol. The van der Waals surface area contributed by atoms with Gasteiger partial charge in [-0.2, -0.15) is 5.26 Å². The number of rotatable bonds is 5. The van der Waals surface area contributed by atoms with Crippen LogP contribution in [0.25, 0.3) is 0 Å². The molecule has 0 aliphatic heterocycles. The minimum absolute atomic E-state index is 0.347. The average molecular weight is 231 g/mol. The maximum atomic E-state index is 8.62. The third kappa shape index (κ3) is 4.80. The summed E-state index contributed by atoms with van der Waals surface area (Å²) in [6, 6.07) is 9.14. The summed E-state index contributed by atoms with van der Waals surface area (Å²) >= 11 is 0. The first-order chi connectivity index (χ1) is 8.26. The van der Waals surface area contributed by atoms with Gasteiger partial charge in [0.1, 0.15) is 6.61 Å². The monoisotopic (exact) mass is 231 g/mol. The molecule has 0 aliphatic carbocycles. The fraction of sp³-hybridized carbons (Fsp3) is 0.250. The molecule has 0 aliphatic rings. The van der Waals surface area contributed by atoms with Crippen LogP contribution in [-0.4, -0.2) is 17.1 Å². The number of nitrogens with zero attached hydrogens (tertiary/aromatic N) is 3. The van der Waals surface area contributed by atoms with Crippen molar-refractivity contribution < 1.29 is 10.0 Å². The number of hydrogen-bond acceptors (Lipinski definition) is 5. The molecule has 0 saturated carbocycles. The Hall–Kier alpha value is -2.35. The van der Waals surface area contributed by atoms with Crippen LogP contribution in [0.2, 0.25) is 0 Å². The summed E-state index contributed by atoms with van der Waals surface area (Å²) < 4.78 is 0. The number of nitriles is 1. The molecule has 1 aromatic carbocycles. The van der Waals surface area contributed by atoms with Crippen molar-refractivity contribution in [1.82, 2.24) is 0 Å². The molecule has 0 saturated heterocycles. The average Bonchev–Trinajstić information content (AvgIpc) is 2.37. The molecule has 0 radical (unpaired) electrons. The smallest absolute Gasteiger partial charge is 0.142 e. The maximum Gasteiger partial charge on any atom is 0.142 e. The number of hydrogen-bond donors (Lipinski definition) is 1. The van der Waals surface area contributed by atoms with Crippen LogP contribution >= 0.6 is 0 Å². The summed E-state index contributed by atoms with van der Waals surface area (Å²) in [4.78, 5) is 5.11. The van der Waals surface area contributed by atoms with Crippen molar-refractivity contribution in [3.63, 3.8) is 0 Å². The lowest BCUT2D eigenvalue weighted by Gasteiger charge is -2.01. The Bertz CT molecular complexity index is 444. The molecule has 0 unspecified atom stereocenters. The lowest BCUT2D eigenvalue weighted by atomic mass is 10.2. The van der Waals surface area contributed by atoms with Gasteiger partial charge in [-0.15, -0.1) is 5.16 Å². The van der Waals surface area contributed by atoms with Gasteiger partial charge in [0.2, 0.25) is 0 Å². The molecule has 0 spiro atoms. The van der Waals surface area contributed by atoms with Crippen LogP contribution in [-0.2, 0) is 11.4 Å². The van der Waals surface area contributed by atoms with Crippen molar-refractivity contribution in [3.05, 3.63) is 35.4 Å². The summed E-state index contributed by atoms with van der Waals surface area (Å²) in [6.45, 7) is 2.12. The van der Waals surface area contributed by atoms with Crippen LogP contribution in [0.4, 0.5) is 0 Å². The molecule has 1 rings (SSSR count). The number of oxime groups is 2. The quantitative estimate of drug-likeness (QED) is 0.479. The van der Waals surface area contributed by atoms with E-state index < -0.39 is 0 Å². The zero-order valence-electron chi connectivity index (χ0n) is 9.50. The third-order valence-corrected chi connectivity index (χ3v) is 2.00. The normalized spacial score (nSPS) is 11.4. The lowest BCUT2D eigenvalue weighted by molar-refractivity contribution is 0.130. The standard InChI is InChI=1S/C12H13N3O2/c1-10(6-7-14-16)15-17-9-12-4-2-11(8-13)3-5-12/h2-5,7,16H,6,9H2,1H3/b14-7+,15-10+. The van der Waals surface area contributed by atoms with Gasteiger partial charge in [-0.25, -0.2) is 0 Å². The van der Waals surface area contributed by atoms with Gasteiger partial charge in [-0.1, -0.05) is 17.3 Å². The summed E-state index contributed by atoms with van der Waals surface area (Å²) in [5, 5.41) is 23.6. The number of benzene rings is 1. The SMILES string of the molecule is C/C(C/C=N/O)=N\OCc1ccc(C#N)cc1. The zero-order chi connectivity index (χ0) is 12.5. The molecule has 1 aromatic rings. The molecule has 5 heteroatoms. The summed E-state index contributed by atoms with van der Waals surface area (Å²) in [7, 11) is 0. The molecule has 17 heavy (non-hydrogen) atoms. The summed E-state index contributed by atoms with van der Waals surface area (Å²) in [5.74, 6) is 0. The molecular formula is C12H13N3O2. The second-order valence-electron chi connectivity index (χ2n) is 3.41. The highest BCUT2D eigenvalue weighted by Crippen LogP contribution is 2.05. The Morgan fingerprint density at radius 2 is 2.18 bits per heavy atom. The van der Waals surface area contributed by atoms with Gasteiger partial charge in [-0.05, 0) is 24.6 Å². The van der Waals surface area contributed by atoms with Gasteiger partial charge in [0.15, 0.2) is 0 Å². The van der Waals surface area contributed by atoms with Crippen LogP contribution in [0.15, 0.2) is 34.6 Å². The van der Waals surface area contributed by atoms with Crippen molar-refractivity contribution in [2.24, 2.45) is 10.3 Å². The highest BCUT2D eigenvalue weighted by molar-refractivity contribution is 5.93. The van der Waals surface area contributed by atoms with E-state index in [1.165, 1.54) is 6.21 Å². The van der Waals surface area contributed by atoms with Gasteiger partial charge >= 0.3 is 0 Å². The van der Waals surface area contributed by atoms with Crippen LogP contribution < -0.4 is 0 Å². The highest BCUT2D eigenvalue weighted by atomic mass is 16.6. The molecule has 0 fully saturated rings. The van der Waals surface area contributed by atoms with E-state index in [0.717, 1.165) is 11.3 Å². The Kier molecular flexibility index (Phi) is 5.25. The third-order valence-electron chi connectivity index (χ3n) is 2.00. The highest BCUT2D eigenvalue weighted by Gasteiger charge is 1.94. The molecule has 0 aromatic heterocycles. The molecule has 0 heterocycles. The summed E-state index contributed by atoms with van der Waals surface area (Å²) in [6.07, 6.45) is 1.79. The van der Waals surface area contributed by atoms with Crippen molar-refractivity contribution in [1.29, 1.82) is 5.26 Å². The molecule has 0 amide bonds. The van der Waals surface area contributed by atoms with Crippen LogP contribution in [0.3, 0.4) is 0 Å². The van der Waals surface area contributed by atoms with Crippen molar-refractivity contribution in [2.45, 2.75) is 20.0 Å². The van der Waals surface area contributed by atoms with Crippen LogP contribution in [0.1, 0.15) is 24.5 Å². The minimum atomic E-state index is 0.347. The van der Waals surface area contributed by atoms with E-state index in [2.05, 4.69) is 10.3 Å². The van der Waals surface area contributed by atoms with E-state index in [1.54, 1.807) is 19.1 Å². The zero-order valence-corrected chi connectivity index (χ0v) is 9.50. The molecule has 0 atom stereocenters. The van der Waals surface area contributed by atoms with E-state index >= 15 is 0 Å². The van der Waals surface area contributed by atoms with Gasteiger partial charge in [0, 0.05) is 12.6 Å². The molecule has 88 valence electrons. The Morgan fingerprint density at radius 1 is 1.47 bits per heavy atom. The van der Waals surface area contributed by atoms with Crippen LogP contribution in [0.5, 0.6) is 0 Å². The van der Waals surface area contributed by atoms with Gasteiger partial charge in [-0.3, -0.25) is 0 Å². The molecule has 0 bridgehead atoms. The fourth-order valence-electron chi connectivity index (χ4n) is 1.10. The van der Waals surface area contributed by atoms with Crippen molar-refractivity contribution in [3.8, 4) is 6.07 Å². The largest absolute Gasteiger partial charge is 0.411 e. The molecule has 5 nitrogen and oxygen atoms in total. The first-order valence-electron chi connectivity index (χ1n) is 5.06. The van der Waals surface area contributed by atoms with Crippen molar-refractivity contribution >= 4 is 11.9 Å². The molecular weight excluding hydrogens is 218 g/mol. The second kappa shape index (κ2) is 7.01. The predicted octanol–water partition coefficient (Wildman–Crippen LogP) is 2.30. The first-order valence-corrected chi connectivity index (χ1v) is 5.06. The summed E-state index contributed by atoms with van der Waals surface area (Å²) in [5.41, 5.74) is 2.28. The Labute approximate surface area is 99.6 Å². The van der Waals surface area contributed by atoms with E-state index in [4.69, 9.17) is 15.3 Å². The fourth-order valence-corrected chi connectivity index (χ4v) is 1.10. The second-order valence-corrected chi connectivity index (χ2v) is 3.41. The lowest BCUT2D eigenvalue weighted by Crippen LogP contribution is -1.95. The van der Waals surface area contributed by atoms with E-state index in [-0.39, 0.29) is 0 Å². The Morgan fingerprint density at radius 3 is 2.76 bits per heavy atom. The van der Waals surface area contributed by atoms with Crippen LogP contribution in [0, 0.1) is 11.3 Å². The van der Waals surface area contributed by atoms with E-state index in [1.807, 2.05) is 18.2 Å². The van der Waals surface area contributed by atoms with Crippen molar-refractivity contribution in [2.75, 3.05) is 0 Å². The maximum absolute atomic E-state index is 8.62. The molecule has 1 N–H and O–H groups in total. The van der Waals surface area contributed by atoms with E-state index in [9.17, 15) is 0 Å². The van der Waals surface area contributed by atoms with Gasteiger partial charge < -0.3 is 10.0 Å².